The first-order valence-corrected chi connectivity index (χ1v) is 11.3. The molecule has 4 N–H and O–H groups in total. The molecule has 10 heteroatoms. The number of hydrazine groups is 2. The Hall–Kier alpha value is -3.40. The summed E-state index contributed by atoms with van der Waals surface area (Å²) in [4.78, 5) is 46.1. The summed E-state index contributed by atoms with van der Waals surface area (Å²) >= 11 is 0. The van der Waals surface area contributed by atoms with Gasteiger partial charge in [-0.25, -0.2) is 20.4 Å². The zero-order valence-corrected chi connectivity index (χ0v) is 21.1. The minimum absolute atomic E-state index is 0.268. The highest BCUT2D eigenvalue weighted by molar-refractivity contribution is 5.79. The average Bonchev–Trinajstić information content (AvgIpc) is 2.69. The summed E-state index contributed by atoms with van der Waals surface area (Å²) in [6.07, 6.45) is 3.10. The maximum atomic E-state index is 11.6. The smallest absolute Gasteiger partial charge is 0.426 e. The van der Waals surface area contributed by atoms with E-state index >= 15 is 0 Å². The van der Waals surface area contributed by atoms with E-state index in [4.69, 9.17) is 9.47 Å². The van der Waals surface area contributed by atoms with Gasteiger partial charge >= 0.3 is 12.2 Å². The van der Waals surface area contributed by atoms with Gasteiger partial charge in [0.2, 0.25) is 11.8 Å². The van der Waals surface area contributed by atoms with Gasteiger partial charge in [0.25, 0.3) is 0 Å². The molecule has 0 aromatic rings. The van der Waals surface area contributed by atoms with E-state index in [0.717, 1.165) is 12.8 Å². The third-order valence-electron chi connectivity index (χ3n) is 3.56. The molecule has 0 saturated carbocycles. The lowest BCUT2D eigenvalue weighted by Gasteiger charge is -2.19. The molecular formula is C24H38N4O6. The molecule has 0 aliphatic heterocycles. The fraction of sp³-hybridized carbons (Fsp3) is 0.667. The lowest BCUT2D eigenvalue weighted by Crippen LogP contribution is -2.44. The van der Waals surface area contributed by atoms with Crippen molar-refractivity contribution in [3.8, 4) is 23.7 Å². The van der Waals surface area contributed by atoms with Crippen LogP contribution in [0.25, 0.3) is 0 Å². The van der Waals surface area contributed by atoms with E-state index in [1.165, 1.54) is 0 Å². The summed E-state index contributed by atoms with van der Waals surface area (Å²) in [5, 5.41) is 0. The van der Waals surface area contributed by atoms with Gasteiger partial charge < -0.3 is 9.47 Å². The van der Waals surface area contributed by atoms with E-state index in [0.29, 0.717) is 25.7 Å². The van der Waals surface area contributed by atoms with Crippen molar-refractivity contribution in [2.45, 2.75) is 104 Å². The Bertz CT molecular complexity index is 736. The first-order valence-electron chi connectivity index (χ1n) is 11.3. The number of amides is 4. The number of carbonyl (C=O) groups excluding carboxylic acids is 4. The predicted octanol–water partition coefficient (Wildman–Crippen LogP) is 3.23. The Balaban J connectivity index is 3.74. The van der Waals surface area contributed by atoms with E-state index < -0.39 is 23.4 Å². The number of hydrogen-bond donors (Lipinski definition) is 4. The number of ether oxygens (including phenoxy) is 2. The maximum absolute atomic E-state index is 11.6. The molecule has 190 valence electrons. The zero-order valence-electron chi connectivity index (χ0n) is 21.1. The van der Waals surface area contributed by atoms with Gasteiger partial charge in [-0.3, -0.25) is 20.4 Å². The summed E-state index contributed by atoms with van der Waals surface area (Å²) in [6, 6.07) is 0. The van der Waals surface area contributed by atoms with E-state index in [1.807, 2.05) is 0 Å². The van der Waals surface area contributed by atoms with Crippen molar-refractivity contribution in [3.05, 3.63) is 0 Å². The van der Waals surface area contributed by atoms with E-state index in [2.05, 4.69) is 45.4 Å². The number of nitrogens with one attached hydrogen (secondary N) is 4. The second-order valence-electron chi connectivity index (χ2n) is 9.37. The quantitative estimate of drug-likeness (QED) is 0.240. The molecule has 10 nitrogen and oxygen atoms in total. The van der Waals surface area contributed by atoms with Crippen LogP contribution in [0.15, 0.2) is 0 Å². The average molecular weight is 479 g/mol. The lowest BCUT2D eigenvalue weighted by molar-refractivity contribution is -0.122. The molecule has 0 heterocycles. The molecular weight excluding hydrogens is 440 g/mol. The van der Waals surface area contributed by atoms with Gasteiger partial charge in [-0.05, 0) is 79.1 Å². The van der Waals surface area contributed by atoms with Crippen LogP contribution in [0.1, 0.15) is 92.9 Å². The molecule has 0 atom stereocenters. The Kier molecular flexibility index (Phi) is 14.6. The first-order chi connectivity index (χ1) is 15.8. The van der Waals surface area contributed by atoms with E-state index in [1.54, 1.807) is 41.5 Å². The maximum Gasteiger partial charge on any atom is 0.426 e. The third kappa shape index (κ3) is 21.8. The minimum Gasteiger partial charge on any atom is -0.443 e. The second-order valence-corrected chi connectivity index (χ2v) is 9.37. The lowest BCUT2D eigenvalue weighted by atomic mass is 10.2. The Morgan fingerprint density at radius 3 is 1.26 bits per heavy atom. The van der Waals surface area contributed by atoms with Crippen molar-refractivity contribution in [3.63, 3.8) is 0 Å². The van der Waals surface area contributed by atoms with Gasteiger partial charge in [0.1, 0.15) is 11.2 Å². The first kappa shape index (κ1) is 30.6. The summed E-state index contributed by atoms with van der Waals surface area (Å²) in [7, 11) is 0. The van der Waals surface area contributed by atoms with Crippen LogP contribution in [0.2, 0.25) is 0 Å². The van der Waals surface area contributed by atoms with E-state index in [9.17, 15) is 19.2 Å². The van der Waals surface area contributed by atoms with Gasteiger partial charge in [0.05, 0.1) is 0 Å². The van der Waals surface area contributed by atoms with Crippen LogP contribution in [0.4, 0.5) is 9.59 Å². The largest absolute Gasteiger partial charge is 0.443 e. The van der Waals surface area contributed by atoms with Crippen LogP contribution in [-0.4, -0.2) is 35.2 Å². The molecule has 0 fully saturated rings. The normalized spacial score (nSPS) is 10.4. The monoisotopic (exact) mass is 478 g/mol. The molecule has 0 aliphatic carbocycles. The van der Waals surface area contributed by atoms with Gasteiger partial charge in [-0.15, -0.1) is 0 Å². The van der Waals surface area contributed by atoms with E-state index in [-0.39, 0.29) is 24.7 Å². The fourth-order valence-corrected chi connectivity index (χ4v) is 2.18. The molecule has 0 bridgehead atoms. The van der Waals surface area contributed by atoms with Crippen LogP contribution in [0.3, 0.4) is 0 Å². The zero-order chi connectivity index (χ0) is 26.0. The van der Waals surface area contributed by atoms with Gasteiger partial charge in [0, 0.05) is 25.7 Å². The van der Waals surface area contributed by atoms with Gasteiger partial charge in [-0.1, -0.05) is 11.8 Å². The molecule has 0 rings (SSSR count). The van der Waals surface area contributed by atoms with Crippen LogP contribution in [0, 0.1) is 23.7 Å². The molecule has 0 aromatic heterocycles. The molecule has 34 heavy (non-hydrogen) atoms. The number of unbranched alkanes of at least 4 members (excludes halogenated alkanes) is 4. The summed E-state index contributed by atoms with van der Waals surface area (Å²) in [5.41, 5.74) is 7.74. The topological polar surface area (TPSA) is 135 Å². The molecule has 0 radical (unpaired) electrons. The highest BCUT2D eigenvalue weighted by Gasteiger charge is 2.17. The Morgan fingerprint density at radius 2 is 0.941 bits per heavy atom. The standard InChI is InChI=1S/C24H38N4O6/c1-23(2,3)33-21(31)27-25-19(29)17-15-13-11-9-7-8-10-12-14-16-18-20(30)26-28-22(32)34-24(4,5)6/h11-18H2,1-6H3,(H,25,29)(H,26,30)(H,27,31)(H,28,32). The van der Waals surface area contributed by atoms with Crippen molar-refractivity contribution in [2.24, 2.45) is 0 Å². The van der Waals surface area contributed by atoms with Crippen molar-refractivity contribution >= 4 is 24.0 Å². The molecule has 0 saturated heterocycles. The Labute approximate surface area is 202 Å². The van der Waals surface area contributed by atoms with Crippen LogP contribution < -0.4 is 21.7 Å². The SMILES string of the molecule is CC(C)(C)OC(=O)NNC(=O)CCCCC#CC#CCCCCC(=O)NNC(=O)OC(C)(C)C. The van der Waals surface area contributed by atoms with Crippen molar-refractivity contribution in [1.29, 1.82) is 0 Å². The molecule has 0 aromatic carbocycles. The predicted molar refractivity (Wildman–Crippen MR) is 128 cm³/mol. The van der Waals surface area contributed by atoms with Crippen molar-refractivity contribution in [1.82, 2.24) is 21.7 Å². The highest BCUT2D eigenvalue weighted by atomic mass is 16.6. The number of carbonyl (C=O) groups is 4. The van der Waals surface area contributed by atoms with Crippen molar-refractivity contribution < 1.29 is 28.7 Å². The minimum atomic E-state index is -0.705. The van der Waals surface area contributed by atoms with Crippen LogP contribution in [0.5, 0.6) is 0 Å². The number of rotatable bonds is 8. The molecule has 0 spiro atoms. The second kappa shape index (κ2) is 16.2. The fourth-order valence-electron chi connectivity index (χ4n) is 2.18. The Morgan fingerprint density at radius 1 is 0.588 bits per heavy atom. The van der Waals surface area contributed by atoms with Crippen molar-refractivity contribution in [2.75, 3.05) is 0 Å². The summed E-state index contributed by atoms with van der Waals surface area (Å²) in [6.45, 7) is 10.4. The van der Waals surface area contributed by atoms with Gasteiger partial charge in [0.15, 0.2) is 0 Å². The van der Waals surface area contributed by atoms with Gasteiger partial charge in [-0.2, -0.15) is 0 Å². The molecule has 0 aliphatic rings. The van der Waals surface area contributed by atoms with Crippen LogP contribution in [-0.2, 0) is 19.1 Å². The molecule has 0 unspecified atom stereocenters. The summed E-state index contributed by atoms with van der Waals surface area (Å²) in [5.74, 6) is 10.8. The van der Waals surface area contributed by atoms with Crippen LogP contribution >= 0.6 is 0 Å². The third-order valence-corrected chi connectivity index (χ3v) is 3.56. The molecule has 4 amide bonds. The highest BCUT2D eigenvalue weighted by Crippen LogP contribution is 2.07. The number of hydrogen-bond acceptors (Lipinski definition) is 6. The summed E-state index contributed by atoms with van der Waals surface area (Å²) < 4.78 is 10.0.